The number of allylic oxidation sites excluding steroid dienone is 1. The number of aromatic nitrogens is 2. The summed E-state index contributed by atoms with van der Waals surface area (Å²) in [6.07, 6.45) is 1.56. The zero-order valence-corrected chi connectivity index (χ0v) is 9.70. The highest BCUT2D eigenvalue weighted by atomic mass is 16.2. The number of hydrogen-bond acceptors (Lipinski definition) is 5. The Balaban J connectivity index is 2.68. The highest BCUT2D eigenvalue weighted by Crippen LogP contribution is 2.22. The van der Waals surface area contributed by atoms with Gasteiger partial charge < -0.3 is 10.2 Å². The molecule has 0 atom stereocenters. The maximum absolute atomic E-state index is 11.9. The summed E-state index contributed by atoms with van der Waals surface area (Å²) in [7, 11) is 5.00. The van der Waals surface area contributed by atoms with Gasteiger partial charge in [0.2, 0.25) is 5.78 Å². The Morgan fingerprint density at radius 1 is 1.24 bits per heavy atom. The van der Waals surface area contributed by atoms with Crippen molar-refractivity contribution in [3.05, 3.63) is 38.3 Å². The van der Waals surface area contributed by atoms with Crippen LogP contribution in [-0.2, 0) is 7.05 Å². The number of carbonyl (C=O) groups is 1. The first-order chi connectivity index (χ1) is 7.91. The first-order valence-corrected chi connectivity index (χ1v) is 4.95. The number of rotatable bonds is 1. The Hall–Kier alpha value is -2.31. The average Bonchev–Trinajstić information content (AvgIpc) is 2.53. The molecule has 17 heavy (non-hydrogen) atoms. The number of aromatic amines is 1. The van der Waals surface area contributed by atoms with Gasteiger partial charge in [-0.15, -0.1) is 0 Å². The molecule has 0 spiro atoms. The number of H-pyrrole nitrogens is 1. The Morgan fingerprint density at radius 3 is 2.47 bits per heavy atom. The molecule has 1 aromatic rings. The van der Waals surface area contributed by atoms with Gasteiger partial charge in [0.25, 0.3) is 5.56 Å². The largest absolute Gasteiger partial charge is 0.382 e. The van der Waals surface area contributed by atoms with E-state index in [9.17, 15) is 14.4 Å². The number of ketones is 1. The van der Waals surface area contributed by atoms with E-state index >= 15 is 0 Å². The van der Waals surface area contributed by atoms with E-state index in [0.29, 0.717) is 0 Å². The lowest BCUT2D eigenvalue weighted by Gasteiger charge is -2.07. The maximum atomic E-state index is 11.9. The minimum Gasteiger partial charge on any atom is -0.382 e. The molecule has 0 aromatic carbocycles. The lowest BCUT2D eigenvalue weighted by atomic mass is 10.2. The van der Waals surface area contributed by atoms with Gasteiger partial charge in [-0.25, -0.2) is 4.79 Å². The molecule has 0 aliphatic carbocycles. The van der Waals surface area contributed by atoms with Crippen LogP contribution < -0.4 is 16.6 Å². The summed E-state index contributed by atoms with van der Waals surface area (Å²) in [6, 6.07) is 0. The van der Waals surface area contributed by atoms with Crippen molar-refractivity contribution in [1.29, 1.82) is 0 Å². The van der Waals surface area contributed by atoms with Crippen molar-refractivity contribution < 1.29 is 4.79 Å². The highest BCUT2D eigenvalue weighted by Gasteiger charge is 2.30. The van der Waals surface area contributed by atoms with Gasteiger partial charge in [-0.2, -0.15) is 0 Å². The second kappa shape index (κ2) is 3.62. The van der Waals surface area contributed by atoms with E-state index < -0.39 is 17.0 Å². The molecular formula is C10H12N4O3. The number of nitrogens with one attached hydrogen (secondary N) is 2. The van der Waals surface area contributed by atoms with E-state index in [1.807, 2.05) is 0 Å². The van der Waals surface area contributed by atoms with Crippen LogP contribution in [0.25, 0.3) is 0 Å². The number of carbonyl (C=O) groups excluding carboxylic acids is 1. The summed E-state index contributed by atoms with van der Waals surface area (Å²) in [5, 5.41) is 2.78. The van der Waals surface area contributed by atoms with E-state index in [2.05, 4.69) is 10.3 Å². The van der Waals surface area contributed by atoms with E-state index in [1.165, 1.54) is 11.6 Å². The van der Waals surface area contributed by atoms with Crippen LogP contribution in [0.15, 0.2) is 21.5 Å². The molecule has 2 N–H and O–H groups in total. The minimum atomic E-state index is -0.664. The summed E-state index contributed by atoms with van der Waals surface area (Å²) in [6.45, 7) is 0. The molecule has 0 unspecified atom stereocenters. The summed E-state index contributed by atoms with van der Waals surface area (Å²) >= 11 is 0. The third-order valence-electron chi connectivity index (χ3n) is 2.44. The van der Waals surface area contributed by atoms with E-state index in [0.717, 1.165) is 0 Å². The van der Waals surface area contributed by atoms with Crippen LogP contribution in [0, 0.1) is 0 Å². The van der Waals surface area contributed by atoms with Gasteiger partial charge in [0.05, 0.1) is 0 Å². The molecule has 7 nitrogen and oxygen atoms in total. The monoisotopic (exact) mass is 236 g/mol. The predicted molar refractivity (Wildman–Crippen MR) is 62.0 cm³/mol. The van der Waals surface area contributed by atoms with Crippen LogP contribution >= 0.6 is 0 Å². The number of nitrogens with zero attached hydrogens (tertiary/aromatic N) is 2. The van der Waals surface area contributed by atoms with Crippen LogP contribution in [0.1, 0.15) is 10.4 Å². The molecule has 0 saturated carbocycles. The number of anilines is 1. The smallest absolute Gasteiger partial charge is 0.329 e. The SMILES string of the molecule is CN(C)/C=C1/Nc2c(c(=O)[nH]c(=O)n2C)C1=O. The van der Waals surface area contributed by atoms with Crippen molar-refractivity contribution in [2.45, 2.75) is 0 Å². The molecule has 1 aliphatic heterocycles. The van der Waals surface area contributed by atoms with Crippen molar-refractivity contribution in [2.75, 3.05) is 19.4 Å². The van der Waals surface area contributed by atoms with Crippen molar-refractivity contribution in [1.82, 2.24) is 14.5 Å². The predicted octanol–water partition coefficient (Wildman–Crippen LogP) is -0.915. The fourth-order valence-corrected chi connectivity index (χ4v) is 1.65. The summed E-state index contributed by atoms with van der Waals surface area (Å²) < 4.78 is 1.20. The van der Waals surface area contributed by atoms with Gasteiger partial charge in [-0.1, -0.05) is 0 Å². The third kappa shape index (κ3) is 1.65. The number of hydrogen-bond donors (Lipinski definition) is 2. The van der Waals surface area contributed by atoms with E-state index in [-0.39, 0.29) is 17.1 Å². The molecule has 2 heterocycles. The Kier molecular flexibility index (Phi) is 2.38. The quantitative estimate of drug-likeness (QED) is 0.616. The van der Waals surface area contributed by atoms with Crippen molar-refractivity contribution >= 4 is 11.6 Å². The summed E-state index contributed by atoms with van der Waals surface area (Å²) in [5.74, 6) is -0.178. The van der Waals surface area contributed by atoms with Crippen LogP contribution in [0.4, 0.5) is 5.82 Å². The fraction of sp³-hybridized carbons (Fsp3) is 0.300. The van der Waals surface area contributed by atoms with Crippen molar-refractivity contribution in [3.63, 3.8) is 0 Å². The van der Waals surface area contributed by atoms with Gasteiger partial charge in [-0.3, -0.25) is 19.1 Å². The Bertz CT molecular complexity index is 636. The second-order valence-electron chi connectivity index (χ2n) is 4.00. The number of Topliss-reactive ketones (excluding diaryl/α,β-unsaturated/α-hetero) is 1. The lowest BCUT2D eigenvalue weighted by Crippen LogP contribution is -2.31. The molecule has 1 aromatic heterocycles. The first kappa shape index (κ1) is 11.2. The second-order valence-corrected chi connectivity index (χ2v) is 4.00. The van der Waals surface area contributed by atoms with Crippen LogP contribution in [0.5, 0.6) is 0 Å². The molecule has 0 radical (unpaired) electrons. The van der Waals surface area contributed by atoms with Crippen molar-refractivity contribution in [3.8, 4) is 0 Å². The molecule has 0 saturated heterocycles. The Morgan fingerprint density at radius 2 is 1.88 bits per heavy atom. The van der Waals surface area contributed by atoms with Crippen LogP contribution in [-0.4, -0.2) is 34.3 Å². The molecule has 90 valence electrons. The van der Waals surface area contributed by atoms with Gasteiger partial charge in [0, 0.05) is 27.3 Å². The van der Waals surface area contributed by atoms with Gasteiger partial charge >= 0.3 is 5.69 Å². The molecule has 0 bridgehead atoms. The van der Waals surface area contributed by atoms with Crippen molar-refractivity contribution in [2.24, 2.45) is 7.05 Å². The Labute approximate surface area is 96.4 Å². The number of fused-ring (bicyclic) bond motifs is 1. The molecule has 7 heteroatoms. The molecular weight excluding hydrogens is 224 g/mol. The maximum Gasteiger partial charge on any atom is 0.329 e. The standard InChI is InChI=1S/C10H12N4O3/c1-13(2)4-5-7(15)6-8(11-5)14(3)10(17)12-9(6)16/h4,11H,1-3H3,(H,12,16,17)/b5-4+. The molecule has 0 amide bonds. The zero-order valence-electron chi connectivity index (χ0n) is 9.70. The first-order valence-electron chi connectivity index (χ1n) is 4.95. The van der Waals surface area contributed by atoms with E-state index in [1.54, 1.807) is 25.2 Å². The fourth-order valence-electron chi connectivity index (χ4n) is 1.65. The minimum absolute atomic E-state index is 0.0276. The van der Waals surface area contributed by atoms with Gasteiger partial charge in [-0.05, 0) is 0 Å². The lowest BCUT2D eigenvalue weighted by molar-refractivity contribution is 0.103. The van der Waals surface area contributed by atoms with Gasteiger partial charge in [0.15, 0.2) is 0 Å². The summed E-state index contributed by atoms with van der Waals surface area (Å²) in [4.78, 5) is 38.6. The molecule has 0 fully saturated rings. The van der Waals surface area contributed by atoms with Gasteiger partial charge in [0.1, 0.15) is 17.1 Å². The topological polar surface area (TPSA) is 87.2 Å². The van der Waals surface area contributed by atoms with Crippen LogP contribution in [0.2, 0.25) is 0 Å². The van der Waals surface area contributed by atoms with E-state index in [4.69, 9.17) is 0 Å². The molecule has 1 aliphatic rings. The zero-order chi connectivity index (χ0) is 12.7. The third-order valence-corrected chi connectivity index (χ3v) is 2.44. The van der Waals surface area contributed by atoms with Crippen LogP contribution in [0.3, 0.4) is 0 Å². The molecule has 2 rings (SSSR count). The average molecular weight is 236 g/mol. The summed E-state index contributed by atoms with van der Waals surface area (Å²) in [5.41, 5.74) is -0.972. The normalized spacial score (nSPS) is 15.9. The highest BCUT2D eigenvalue weighted by molar-refractivity contribution is 6.17.